The Morgan fingerprint density at radius 3 is 2.80 bits per heavy atom. The second-order valence-electron chi connectivity index (χ2n) is 7.55. The fourth-order valence-corrected chi connectivity index (χ4v) is 4.04. The van der Waals surface area contributed by atoms with Gasteiger partial charge in [-0.1, -0.05) is 18.2 Å². The molecule has 0 fully saturated rings. The van der Waals surface area contributed by atoms with Crippen molar-refractivity contribution in [3.63, 3.8) is 0 Å². The summed E-state index contributed by atoms with van der Waals surface area (Å²) in [7, 11) is 0. The molecule has 1 atom stereocenters. The smallest absolute Gasteiger partial charge is 0.306 e. The molecule has 1 aliphatic heterocycles. The third-order valence-electron chi connectivity index (χ3n) is 5.48. The monoisotopic (exact) mass is 408 g/mol. The summed E-state index contributed by atoms with van der Waals surface area (Å²) in [6.07, 6.45) is 1.37. The first-order valence-electron chi connectivity index (χ1n) is 9.89. The number of carbonyl (C=O) groups is 2. The molecule has 2 aromatic heterocycles. The van der Waals surface area contributed by atoms with E-state index in [2.05, 4.69) is 15.1 Å². The van der Waals surface area contributed by atoms with Crippen molar-refractivity contribution in [2.45, 2.75) is 46.1 Å². The maximum atomic E-state index is 12.7. The zero-order valence-corrected chi connectivity index (χ0v) is 17.3. The zero-order valence-electron chi connectivity index (χ0n) is 17.3. The van der Waals surface area contributed by atoms with Crippen molar-refractivity contribution in [1.82, 2.24) is 19.6 Å². The first-order valence-corrected chi connectivity index (χ1v) is 9.89. The number of benzene rings is 1. The summed E-state index contributed by atoms with van der Waals surface area (Å²) in [6, 6.07) is 7.85. The largest absolute Gasteiger partial charge is 0.456 e. The molecule has 0 aliphatic carbocycles. The maximum absolute atomic E-state index is 12.7. The molecular weight excluding hydrogens is 384 g/mol. The summed E-state index contributed by atoms with van der Waals surface area (Å²) in [5, 5.41) is 4.13. The van der Waals surface area contributed by atoms with Crippen LogP contribution in [0.25, 0.3) is 5.78 Å². The fraction of sp³-hybridized carbons (Fsp3) is 0.381. The van der Waals surface area contributed by atoms with Crippen LogP contribution in [0.15, 0.2) is 24.3 Å². The SMILES string of the molecule is Cc1nc2nc(N)nn2c(C)c1CCC(=O)OCC(=O)N1c2ccccc2C[C@H]1C. The molecule has 9 nitrogen and oxygen atoms in total. The summed E-state index contributed by atoms with van der Waals surface area (Å²) in [5.74, 6) is -0.0629. The van der Waals surface area contributed by atoms with Crippen molar-refractivity contribution in [3.05, 3.63) is 46.8 Å². The molecule has 9 heteroatoms. The van der Waals surface area contributed by atoms with Gasteiger partial charge in [-0.15, -0.1) is 5.10 Å². The van der Waals surface area contributed by atoms with Gasteiger partial charge in [0.1, 0.15) is 0 Å². The molecule has 30 heavy (non-hydrogen) atoms. The normalized spacial score (nSPS) is 15.4. The maximum Gasteiger partial charge on any atom is 0.306 e. The molecule has 1 aromatic carbocycles. The lowest BCUT2D eigenvalue weighted by atomic mass is 10.1. The van der Waals surface area contributed by atoms with Crippen molar-refractivity contribution in [1.29, 1.82) is 0 Å². The van der Waals surface area contributed by atoms with Gasteiger partial charge in [0.2, 0.25) is 5.95 Å². The van der Waals surface area contributed by atoms with Gasteiger partial charge in [0, 0.05) is 29.5 Å². The minimum Gasteiger partial charge on any atom is -0.456 e. The van der Waals surface area contributed by atoms with Crippen LogP contribution >= 0.6 is 0 Å². The highest BCUT2D eigenvalue weighted by Gasteiger charge is 2.30. The molecule has 156 valence electrons. The molecule has 0 saturated heterocycles. The van der Waals surface area contributed by atoms with Crippen LogP contribution in [-0.4, -0.2) is 44.1 Å². The van der Waals surface area contributed by atoms with E-state index in [4.69, 9.17) is 10.5 Å². The number of aromatic nitrogens is 4. The highest BCUT2D eigenvalue weighted by atomic mass is 16.5. The number of anilines is 2. The molecule has 2 N–H and O–H groups in total. The quantitative estimate of drug-likeness (QED) is 0.640. The van der Waals surface area contributed by atoms with E-state index < -0.39 is 5.97 Å². The van der Waals surface area contributed by atoms with Gasteiger partial charge in [-0.05, 0) is 50.8 Å². The number of para-hydroxylation sites is 1. The number of ether oxygens (including phenoxy) is 1. The van der Waals surface area contributed by atoms with Crippen LogP contribution in [0.2, 0.25) is 0 Å². The van der Waals surface area contributed by atoms with E-state index in [1.807, 2.05) is 45.0 Å². The number of esters is 1. The second kappa shape index (κ2) is 7.74. The Hall–Kier alpha value is -3.49. The van der Waals surface area contributed by atoms with Crippen LogP contribution in [0.3, 0.4) is 0 Å². The van der Waals surface area contributed by atoms with Gasteiger partial charge in [0.25, 0.3) is 11.7 Å². The van der Waals surface area contributed by atoms with Crippen LogP contribution in [0.4, 0.5) is 11.6 Å². The fourth-order valence-electron chi connectivity index (χ4n) is 4.04. The number of nitrogens with two attached hydrogens (primary N) is 1. The van der Waals surface area contributed by atoms with Gasteiger partial charge in [-0.25, -0.2) is 4.98 Å². The molecule has 0 bridgehead atoms. The Morgan fingerprint density at radius 1 is 1.23 bits per heavy atom. The first-order chi connectivity index (χ1) is 14.3. The van der Waals surface area contributed by atoms with Gasteiger partial charge < -0.3 is 15.4 Å². The highest BCUT2D eigenvalue weighted by molar-refractivity contribution is 5.97. The van der Waals surface area contributed by atoms with Crippen molar-refractivity contribution in [2.24, 2.45) is 0 Å². The lowest BCUT2D eigenvalue weighted by molar-refractivity contribution is -0.147. The molecular formula is C21H24N6O3. The second-order valence-corrected chi connectivity index (χ2v) is 7.55. The summed E-state index contributed by atoms with van der Waals surface area (Å²) >= 11 is 0. The molecule has 1 aliphatic rings. The van der Waals surface area contributed by atoms with E-state index in [1.54, 1.807) is 9.42 Å². The van der Waals surface area contributed by atoms with Gasteiger partial charge in [-0.2, -0.15) is 9.50 Å². The number of hydrogen-bond donors (Lipinski definition) is 1. The van der Waals surface area contributed by atoms with E-state index in [0.717, 1.165) is 34.6 Å². The van der Waals surface area contributed by atoms with E-state index in [0.29, 0.717) is 12.2 Å². The Kier molecular flexibility index (Phi) is 5.11. The predicted molar refractivity (Wildman–Crippen MR) is 111 cm³/mol. The van der Waals surface area contributed by atoms with E-state index in [1.165, 1.54) is 0 Å². The van der Waals surface area contributed by atoms with Crippen LogP contribution < -0.4 is 10.6 Å². The van der Waals surface area contributed by atoms with Crippen LogP contribution in [0.5, 0.6) is 0 Å². The minimum atomic E-state index is -0.430. The summed E-state index contributed by atoms with van der Waals surface area (Å²) < 4.78 is 6.84. The Labute approximate surface area is 173 Å². The Balaban J connectivity index is 1.37. The van der Waals surface area contributed by atoms with E-state index in [-0.39, 0.29) is 30.9 Å². The van der Waals surface area contributed by atoms with Gasteiger partial charge in [-0.3, -0.25) is 9.59 Å². The lowest BCUT2D eigenvalue weighted by Crippen LogP contribution is -2.38. The van der Waals surface area contributed by atoms with E-state index in [9.17, 15) is 9.59 Å². The van der Waals surface area contributed by atoms with Crippen LogP contribution in [-0.2, 0) is 27.2 Å². The summed E-state index contributed by atoms with van der Waals surface area (Å²) in [6.45, 7) is 5.46. The number of fused-ring (bicyclic) bond motifs is 2. The number of nitrogens with zero attached hydrogens (tertiary/aromatic N) is 5. The molecule has 4 rings (SSSR count). The molecule has 0 radical (unpaired) electrons. The summed E-state index contributed by atoms with van der Waals surface area (Å²) in [5.41, 5.74) is 10.1. The number of carbonyl (C=O) groups excluding carboxylic acids is 2. The Morgan fingerprint density at radius 2 is 2.00 bits per heavy atom. The molecule has 3 heterocycles. The van der Waals surface area contributed by atoms with E-state index >= 15 is 0 Å². The molecule has 1 amide bonds. The predicted octanol–water partition coefficient (Wildman–Crippen LogP) is 1.78. The number of aryl methyl sites for hydroxylation is 2. The zero-order chi connectivity index (χ0) is 21.4. The third kappa shape index (κ3) is 3.58. The van der Waals surface area contributed by atoms with Crippen molar-refractivity contribution in [2.75, 3.05) is 17.2 Å². The first kappa shape index (κ1) is 19.8. The number of nitrogen functional groups attached to an aromatic ring is 1. The summed E-state index contributed by atoms with van der Waals surface area (Å²) in [4.78, 5) is 35.1. The Bertz CT molecular complexity index is 1140. The minimum absolute atomic E-state index is 0.0480. The number of amides is 1. The third-order valence-corrected chi connectivity index (χ3v) is 5.48. The number of hydrogen-bond acceptors (Lipinski definition) is 7. The molecule has 3 aromatic rings. The lowest BCUT2D eigenvalue weighted by Gasteiger charge is -2.22. The van der Waals surface area contributed by atoms with Crippen LogP contribution in [0.1, 0.15) is 35.9 Å². The van der Waals surface area contributed by atoms with Gasteiger partial charge in [0.15, 0.2) is 6.61 Å². The van der Waals surface area contributed by atoms with Crippen LogP contribution in [0, 0.1) is 13.8 Å². The molecule has 0 saturated carbocycles. The standard InChI is InChI=1S/C21H24N6O3/c1-12-10-15-6-4-5-7-17(15)26(12)18(28)11-30-19(29)9-8-16-13(2)23-21-24-20(22)25-27(21)14(16)3/h4-7,12H,8-11H2,1-3H3,(H2,22,25)/t12-/m1/s1. The molecule has 0 unspecified atom stereocenters. The topological polar surface area (TPSA) is 116 Å². The van der Waals surface area contributed by atoms with Gasteiger partial charge in [0.05, 0.1) is 0 Å². The average molecular weight is 408 g/mol. The average Bonchev–Trinajstić information content (AvgIpc) is 3.24. The van der Waals surface area contributed by atoms with Crippen molar-refractivity contribution < 1.29 is 14.3 Å². The molecule has 0 spiro atoms. The number of rotatable bonds is 5. The highest BCUT2D eigenvalue weighted by Crippen LogP contribution is 2.31. The van der Waals surface area contributed by atoms with Crippen molar-refractivity contribution >= 4 is 29.3 Å². The van der Waals surface area contributed by atoms with Gasteiger partial charge >= 0.3 is 5.97 Å². The van der Waals surface area contributed by atoms with Crippen molar-refractivity contribution in [3.8, 4) is 0 Å².